The van der Waals surface area contributed by atoms with E-state index < -0.39 is 0 Å². The average molecular weight is 209 g/mol. The highest BCUT2D eigenvalue weighted by Gasteiger charge is 2.05. The van der Waals surface area contributed by atoms with Crippen molar-refractivity contribution in [3.8, 4) is 0 Å². The summed E-state index contributed by atoms with van der Waals surface area (Å²) in [5.41, 5.74) is 3.79. The van der Waals surface area contributed by atoms with Gasteiger partial charge in [-0.1, -0.05) is 32.4 Å². The minimum Gasteiger partial charge on any atom is -0.382 e. The van der Waals surface area contributed by atoms with Crippen LogP contribution in [0, 0.1) is 6.92 Å². The Kier molecular flexibility index (Phi) is 5.19. The van der Waals surface area contributed by atoms with Gasteiger partial charge in [-0.3, -0.25) is 0 Å². The summed E-state index contributed by atoms with van der Waals surface area (Å²) in [6.45, 7) is 8.81. The van der Waals surface area contributed by atoms with Crippen LogP contribution in [0.2, 0.25) is 0 Å². The quantitative estimate of drug-likeness (QED) is 0.705. The van der Waals surface area contributed by atoms with Gasteiger partial charge in [0.2, 0.25) is 0 Å². The van der Waals surface area contributed by atoms with Gasteiger partial charge in [-0.15, -0.1) is 0 Å². The normalized spacial score (nSPS) is 14.1. The third-order valence-corrected chi connectivity index (χ3v) is 2.08. The van der Waals surface area contributed by atoms with Crippen molar-refractivity contribution in [1.29, 1.82) is 0 Å². The number of nitrogens with one attached hydrogen (secondary N) is 1. The molecule has 1 heterocycles. The van der Waals surface area contributed by atoms with Gasteiger partial charge in [0, 0.05) is 19.2 Å². The van der Waals surface area contributed by atoms with Crippen molar-refractivity contribution < 1.29 is 6.16 Å². The van der Waals surface area contributed by atoms with Crippen LogP contribution in [0.25, 0.3) is 0 Å². The number of benzene rings is 1. The second-order valence-corrected chi connectivity index (χ2v) is 3.85. The van der Waals surface area contributed by atoms with Crippen molar-refractivity contribution in [2.45, 2.75) is 33.8 Å². The third-order valence-electron chi connectivity index (χ3n) is 2.08. The Labute approximate surface area is 94.1 Å². The lowest BCUT2D eigenvalue weighted by Gasteiger charge is -2.06. The largest absolute Gasteiger partial charge is 0.382 e. The molecule has 0 saturated heterocycles. The van der Waals surface area contributed by atoms with Gasteiger partial charge in [0.15, 0.2) is 0 Å². The van der Waals surface area contributed by atoms with Gasteiger partial charge in [-0.25, -0.2) is 0 Å². The Morgan fingerprint density at radius 2 is 2.13 bits per heavy atom. The fourth-order valence-corrected chi connectivity index (χ4v) is 1.42. The van der Waals surface area contributed by atoms with Crippen LogP contribution in [-0.2, 0) is 11.3 Å². The molecule has 2 heteroatoms. The van der Waals surface area contributed by atoms with Gasteiger partial charge in [0.25, 0.3) is 0 Å². The van der Waals surface area contributed by atoms with E-state index in [-0.39, 0.29) is 1.43 Å². The molecule has 0 saturated carbocycles. The van der Waals surface area contributed by atoms with Crippen LogP contribution in [0.1, 0.15) is 32.8 Å². The lowest BCUT2D eigenvalue weighted by atomic mass is 10.1. The monoisotopic (exact) mass is 209 g/mol. The average Bonchev–Trinajstić information content (AvgIpc) is 2.43. The summed E-state index contributed by atoms with van der Waals surface area (Å²) in [5, 5.41) is 3.34. The van der Waals surface area contributed by atoms with E-state index >= 15 is 0 Å². The lowest BCUT2D eigenvalue weighted by Crippen LogP contribution is -2.04. The number of hydrogen-bond donors (Lipinski definition) is 1. The Bertz CT molecular complexity index is 302. The number of anilines is 1. The van der Waals surface area contributed by atoms with E-state index in [2.05, 4.69) is 44.3 Å². The van der Waals surface area contributed by atoms with Crippen LogP contribution in [0.5, 0.6) is 0 Å². The molecule has 1 aliphatic heterocycles. The van der Waals surface area contributed by atoms with Crippen molar-refractivity contribution in [2.24, 2.45) is 0 Å². The summed E-state index contributed by atoms with van der Waals surface area (Å²) >= 11 is 0. The maximum Gasteiger partial charge on any atom is 0.0737 e. The zero-order valence-electron chi connectivity index (χ0n) is 9.97. The molecule has 0 bridgehead atoms. The van der Waals surface area contributed by atoms with E-state index in [9.17, 15) is 0 Å². The van der Waals surface area contributed by atoms with E-state index in [4.69, 9.17) is 4.74 Å². The molecule has 0 fully saturated rings. The molecule has 86 valence electrons. The van der Waals surface area contributed by atoms with Crippen molar-refractivity contribution in [3.05, 3.63) is 29.3 Å². The maximum absolute atomic E-state index is 5.40. The number of ether oxygens (including phenoxy) is 1. The standard InChI is InChI=1S/C10H13NO.C3H8.H2/c1-8-2-3-9-7-12-5-4-11-10(9)6-8;1-3-2;/h2-3,6,11H,4-5,7H2,1H3;3H2,1-2H3;1H. The first kappa shape index (κ1) is 12.1. The van der Waals surface area contributed by atoms with Crippen molar-refractivity contribution in [1.82, 2.24) is 0 Å². The summed E-state index contributed by atoms with van der Waals surface area (Å²) in [7, 11) is 0. The number of fused-ring (bicyclic) bond motifs is 1. The van der Waals surface area contributed by atoms with E-state index in [1.807, 2.05) is 0 Å². The molecule has 0 amide bonds. The van der Waals surface area contributed by atoms with Crippen molar-refractivity contribution in [3.63, 3.8) is 0 Å². The van der Waals surface area contributed by atoms with E-state index in [1.54, 1.807) is 0 Å². The van der Waals surface area contributed by atoms with E-state index in [1.165, 1.54) is 23.2 Å². The predicted molar refractivity (Wildman–Crippen MR) is 67.4 cm³/mol. The van der Waals surface area contributed by atoms with Gasteiger partial charge in [-0.05, 0) is 18.6 Å². The molecule has 0 spiro atoms. The zero-order chi connectivity index (χ0) is 11.1. The molecule has 1 N–H and O–H groups in total. The predicted octanol–water partition coefficient (Wildman–Crippen LogP) is 3.60. The smallest absolute Gasteiger partial charge is 0.0737 e. The lowest BCUT2D eigenvalue weighted by molar-refractivity contribution is 0.134. The summed E-state index contributed by atoms with van der Waals surface area (Å²) in [6, 6.07) is 6.42. The Hall–Kier alpha value is -1.02. The molecule has 0 atom stereocenters. The number of aryl methyl sites for hydroxylation is 1. The van der Waals surface area contributed by atoms with Gasteiger partial charge in [0.1, 0.15) is 0 Å². The molecule has 0 aliphatic carbocycles. The SMILES string of the molecule is CCC.Cc1ccc2c(c1)NCCOC2.[HH]. The molecule has 1 aromatic carbocycles. The molecule has 1 aromatic rings. The Balaban J connectivity index is 0.000000511. The summed E-state index contributed by atoms with van der Waals surface area (Å²) in [5.74, 6) is 0. The first-order valence-electron chi connectivity index (χ1n) is 5.69. The molecule has 2 rings (SSSR count). The molecule has 15 heavy (non-hydrogen) atoms. The van der Waals surface area contributed by atoms with Gasteiger partial charge in [0.05, 0.1) is 13.2 Å². The fourth-order valence-electron chi connectivity index (χ4n) is 1.42. The minimum absolute atomic E-state index is 0. The number of rotatable bonds is 0. The van der Waals surface area contributed by atoms with Crippen LogP contribution in [0.4, 0.5) is 5.69 Å². The second-order valence-electron chi connectivity index (χ2n) is 3.85. The van der Waals surface area contributed by atoms with Gasteiger partial charge >= 0.3 is 0 Å². The minimum atomic E-state index is 0. The van der Waals surface area contributed by atoms with Crippen molar-refractivity contribution >= 4 is 5.69 Å². The van der Waals surface area contributed by atoms with Gasteiger partial charge < -0.3 is 10.1 Å². The van der Waals surface area contributed by atoms with E-state index in [0.29, 0.717) is 0 Å². The van der Waals surface area contributed by atoms with Crippen LogP contribution < -0.4 is 5.32 Å². The maximum atomic E-state index is 5.40. The zero-order valence-corrected chi connectivity index (χ0v) is 9.97. The fraction of sp³-hybridized carbons (Fsp3) is 0.538. The summed E-state index contributed by atoms with van der Waals surface area (Å²) in [6.07, 6.45) is 1.25. The van der Waals surface area contributed by atoms with Crippen LogP contribution in [-0.4, -0.2) is 13.2 Å². The third kappa shape index (κ3) is 3.92. The molecule has 1 aliphatic rings. The molecular formula is C13H23NO. The number of hydrogen-bond acceptors (Lipinski definition) is 2. The van der Waals surface area contributed by atoms with Gasteiger partial charge in [-0.2, -0.15) is 0 Å². The van der Waals surface area contributed by atoms with E-state index in [0.717, 1.165) is 19.8 Å². The Morgan fingerprint density at radius 1 is 1.40 bits per heavy atom. The molecular weight excluding hydrogens is 186 g/mol. The highest BCUT2D eigenvalue weighted by Crippen LogP contribution is 2.19. The highest BCUT2D eigenvalue weighted by molar-refractivity contribution is 5.53. The second kappa shape index (κ2) is 6.46. The molecule has 0 unspecified atom stereocenters. The summed E-state index contributed by atoms with van der Waals surface area (Å²) in [4.78, 5) is 0. The molecule has 0 radical (unpaired) electrons. The molecule has 2 nitrogen and oxygen atoms in total. The first-order valence-corrected chi connectivity index (χ1v) is 5.69. The van der Waals surface area contributed by atoms with Crippen LogP contribution in [0.15, 0.2) is 18.2 Å². The van der Waals surface area contributed by atoms with Crippen molar-refractivity contribution in [2.75, 3.05) is 18.5 Å². The first-order chi connectivity index (χ1) is 7.27. The Morgan fingerprint density at radius 3 is 2.87 bits per heavy atom. The molecule has 0 aromatic heterocycles. The highest BCUT2D eigenvalue weighted by atomic mass is 16.5. The van der Waals surface area contributed by atoms with Crippen LogP contribution >= 0.6 is 0 Å². The topological polar surface area (TPSA) is 21.3 Å². The summed E-state index contributed by atoms with van der Waals surface area (Å²) < 4.78 is 5.40. The van der Waals surface area contributed by atoms with Crippen LogP contribution in [0.3, 0.4) is 0 Å².